The Morgan fingerprint density at radius 2 is 1.89 bits per heavy atom. The highest BCUT2D eigenvalue weighted by Crippen LogP contribution is 2.20. The van der Waals surface area contributed by atoms with E-state index in [0.29, 0.717) is 17.0 Å². The van der Waals surface area contributed by atoms with Crippen molar-refractivity contribution in [2.24, 2.45) is 5.73 Å². The first kappa shape index (κ1) is 18.4. The lowest BCUT2D eigenvalue weighted by atomic mass is 10.1. The second-order valence-corrected chi connectivity index (χ2v) is 6.06. The molecule has 140 valence electrons. The molecule has 2 heterocycles. The van der Waals surface area contributed by atoms with Crippen molar-refractivity contribution in [2.45, 2.75) is 26.7 Å². The zero-order valence-electron chi connectivity index (χ0n) is 14.7. The summed E-state index contributed by atoms with van der Waals surface area (Å²) in [6.07, 6.45) is 1.62. The number of fused-ring (bicyclic) bond motifs is 1. The number of amides is 2. The van der Waals surface area contributed by atoms with Gasteiger partial charge in [0.25, 0.3) is 5.91 Å². The van der Waals surface area contributed by atoms with Crippen LogP contribution in [0.2, 0.25) is 0 Å². The normalized spacial score (nSPS) is 11.0. The summed E-state index contributed by atoms with van der Waals surface area (Å²) < 4.78 is 28.7. The van der Waals surface area contributed by atoms with Gasteiger partial charge in [0.2, 0.25) is 5.91 Å². The topological polar surface area (TPSA) is 102 Å². The average molecular weight is 373 g/mol. The summed E-state index contributed by atoms with van der Waals surface area (Å²) in [6.45, 7) is 3.53. The van der Waals surface area contributed by atoms with Gasteiger partial charge in [0.05, 0.1) is 6.20 Å². The van der Waals surface area contributed by atoms with Gasteiger partial charge in [-0.2, -0.15) is 5.10 Å². The minimum atomic E-state index is -0.839. The Kier molecular flexibility index (Phi) is 4.85. The van der Waals surface area contributed by atoms with E-state index in [-0.39, 0.29) is 18.4 Å². The molecule has 1 aromatic carbocycles. The third-order valence-electron chi connectivity index (χ3n) is 4.30. The van der Waals surface area contributed by atoms with E-state index in [1.165, 1.54) is 16.8 Å². The van der Waals surface area contributed by atoms with Crippen LogP contribution in [0.15, 0.2) is 24.4 Å². The van der Waals surface area contributed by atoms with Crippen LogP contribution in [0.4, 0.5) is 14.5 Å². The first-order chi connectivity index (χ1) is 12.8. The maximum atomic E-state index is 13.6. The molecule has 9 heteroatoms. The number of carbonyl (C=O) groups is 2. The number of para-hydroxylation sites is 1. The molecule has 0 spiro atoms. The Morgan fingerprint density at radius 3 is 2.52 bits per heavy atom. The van der Waals surface area contributed by atoms with Crippen molar-refractivity contribution in [3.63, 3.8) is 0 Å². The van der Waals surface area contributed by atoms with E-state index in [0.717, 1.165) is 17.7 Å². The molecule has 3 N–H and O–H groups in total. The number of benzene rings is 1. The number of aromatic nitrogens is 3. The lowest BCUT2D eigenvalue weighted by molar-refractivity contribution is -0.116. The van der Waals surface area contributed by atoms with Gasteiger partial charge in [-0.3, -0.25) is 9.59 Å². The number of nitrogens with two attached hydrogens (primary N) is 1. The quantitative estimate of drug-likeness (QED) is 0.716. The first-order valence-corrected chi connectivity index (χ1v) is 8.17. The molecular weight excluding hydrogens is 356 g/mol. The van der Waals surface area contributed by atoms with Gasteiger partial charge < -0.3 is 11.1 Å². The molecule has 3 rings (SSSR count). The molecule has 0 atom stereocenters. The van der Waals surface area contributed by atoms with Gasteiger partial charge in [0.15, 0.2) is 5.65 Å². The van der Waals surface area contributed by atoms with E-state index < -0.39 is 29.1 Å². The molecule has 0 saturated heterocycles. The van der Waals surface area contributed by atoms with Crippen LogP contribution in [-0.2, 0) is 11.2 Å². The maximum Gasteiger partial charge on any atom is 0.254 e. The highest BCUT2D eigenvalue weighted by molar-refractivity contribution is 5.98. The van der Waals surface area contributed by atoms with Crippen molar-refractivity contribution in [3.05, 3.63) is 58.5 Å². The fourth-order valence-electron chi connectivity index (χ4n) is 2.90. The molecule has 0 aliphatic heterocycles. The van der Waals surface area contributed by atoms with Crippen LogP contribution in [0.25, 0.3) is 5.65 Å². The van der Waals surface area contributed by atoms with Gasteiger partial charge in [0.1, 0.15) is 22.9 Å². The Labute approximate surface area is 153 Å². The van der Waals surface area contributed by atoms with E-state index in [4.69, 9.17) is 5.73 Å². The van der Waals surface area contributed by atoms with Crippen LogP contribution >= 0.6 is 0 Å². The molecule has 3 aromatic rings. The van der Waals surface area contributed by atoms with Gasteiger partial charge in [-0.25, -0.2) is 18.3 Å². The van der Waals surface area contributed by atoms with Gasteiger partial charge >= 0.3 is 0 Å². The molecule has 0 radical (unpaired) electrons. The van der Waals surface area contributed by atoms with Crippen molar-refractivity contribution in [1.82, 2.24) is 14.6 Å². The number of nitrogens with zero attached hydrogens (tertiary/aromatic N) is 3. The number of nitrogens with one attached hydrogen (secondary N) is 1. The van der Waals surface area contributed by atoms with Crippen LogP contribution in [0.3, 0.4) is 0 Å². The molecule has 0 unspecified atom stereocenters. The summed E-state index contributed by atoms with van der Waals surface area (Å²) in [5.74, 6) is -2.84. The number of rotatable bonds is 5. The Morgan fingerprint density at radius 1 is 1.22 bits per heavy atom. The summed E-state index contributed by atoms with van der Waals surface area (Å²) in [5.41, 5.74) is 7.47. The molecule has 2 aromatic heterocycles. The largest absolute Gasteiger partial charge is 0.365 e. The summed E-state index contributed by atoms with van der Waals surface area (Å²) >= 11 is 0. The van der Waals surface area contributed by atoms with Crippen LogP contribution in [0, 0.1) is 25.5 Å². The van der Waals surface area contributed by atoms with Gasteiger partial charge in [-0.15, -0.1) is 0 Å². The molecular formula is C18H17F2N5O2. The van der Waals surface area contributed by atoms with Crippen LogP contribution < -0.4 is 11.1 Å². The number of hydrogen-bond acceptors (Lipinski definition) is 4. The Bertz CT molecular complexity index is 1040. The van der Waals surface area contributed by atoms with Crippen LogP contribution in [0.5, 0.6) is 0 Å². The highest BCUT2D eigenvalue weighted by Gasteiger charge is 2.18. The lowest BCUT2D eigenvalue weighted by Gasteiger charge is -2.12. The number of anilines is 1. The summed E-state index contributed by atoms with van der Waals surface area (Å²) in [5, 5.41) is 6.36. The third-order valence-corrected chi connectivity index (χ3v) is 4.30. The molecule has 27 heavy (non-hydrogen) atoms. The number of carbonyl (C=O) groups excluding carboxylic acids is 2. The molecule has 0 aliphatic rings. The molecule has 0 aliphatic carbocycles. The molecule has 0 fully saturated rings. The van der Waals surface area contributed by atoms with E-state index in [1.807, 2.05) is 0 Å². The molecule has 7 nitrogen and oxygen atoms in total. The fraction of sp³-hybridized carbons (Fsp3) is 0.222. The number of hydrogen-bond donors (Lipinski definition) is 2. The SMILES string of the molecule is Cc1nc2c(C(N)=O)cnn2c(C)c1CCC(=O)Nc1c(F)cccc1F. The van der Waals surface area contributed by atoms with Gasteiger partial charge in [-0.05, 0) is 38.0 Å². The third kappa shape index (κ3) is 3.48. The Balaban J connectivity index is 1.81. The van der Waals surface area contributed by atoms with Crippen molar-refractivity contribution in [1.29, 1.82) is 0 Å². The average Bonchev–Trinajstić information content (AvgIpc) is 3.02. The second-order valence-electron chi connectivity index (χ2n) is 6.06. The zero-order valence-corrected chi connectivity index (χ0v) is 14.7. The van der Waals surface area contributed by atoms with Crippen LogP contribution in [0.1, 0.15) is 33.7 Å². The van der Waals surface area contributed by atoms with Gasteiger partial charge in [-0.1, -0.05) is 6.07 Å². The molecule has 0 saturated carbocycles. The summed E-state index contributed by atoms with van der Waals surface area (Å²) in [7, 11) is 0. The van der Waals surface area contributed by atoms with Gasteiger partial charge in [0, 0.05) is 17.8 Å². The van der Waals surface area contributed by atoms with Crippen molar-refractivity contribution >= 4 is 23.1 Å². The maximum absolute atomic E-state index is 13.6. The van der Waals surface area contributed by atoms with E-state index in [1.54, 1.807) is 13.8 Å². The predicted octanol–water partition coefficient (Wildman–Crippen LogP) is 2.29. The standard InChI is InChI=1S/C18H17F2N5O2/c1-9-11(10(2)25-18(23-9)12(8-22-25)17(21)27)6-7-15(26)24-16-13(19)4-3-5-14(16)20/h3-5,8H,6-7H2,1-2H3,(H2,21,27)(H,24,26). The van der Waals surface area contributed by atoms with Crippen molar-refractivity contribution in [3.8, 4) is 0 Å². The van der Waals surface area contributed by atoms with E-state index in [9.17, 15) is 18.4 Å². The number of aryl methyl sites for hydroxylation is 2. The fourth-order valence-corrected chi connectivity index (χ4v) is 2.90. The molecule has 0 bridgehead atoms. The monoisotopic (exact) mass is 373 g/mol. The van der Waals surface area contributed by atoms with Crippen molar-refractivity contribution in [2.75, 3.05) is 5.32 Å². The van der Waals surface area contributed by atoms with E-state index >= 15 is 0 Å². The summed E-state index contributed by atoms with van der Waals surface area (Å²) in [4.78, 5) is 27.9. The van der Waals surface area contributed by atoms with Crippen LogP contribution in [-0.4, -0.2) is 26.4 Å². The minimum absolute atomic E-state index is 0.00736. The minimum Gasteiger partial charge on any atom is -0.365 e. The van der Waals surface area contributed by atoms with Crippen molar-refractivity contribution < 1.29 is 18.4 Å². The number of halogens is 2. The molecule has 2 amide bonds. The highest BCUT2D eigenvalue weighted by atomic mass is 19.1. The predicted molar refractivity (Wildman–Crippen MR) is 94.3 cm³/mol. The number of primary amides is 1. The zero-order chi connectivity index (χ0) is 19.7. The summed E-state index contributed by atoms with van der Waals surface area (Å²) in [6, 6.07) is 3.36. The smallest absolute Gasteiger partial charge is 0.254 e. The van der Waals surface area contributed by atoms with E-state index in [2.05, 4.69) is 15.4 Å². The lowest BCUT2D eigenvalue weighted by Crippen LogP contribution is -2.16. The first-order valence-electron chi connectivity index (χ1n) is 8.17. The second kappa shape index (κ2) is 7.10. The Hall–Kier alpha value is -3.36.